The summed E-state index contributed by atoms with van der Waals surface area (Å²) in [6.07, 6.45) is 0. The first-order valence-electron chi connectivity index (χ1n) is 5.28. The van der Waals surface area contributed by atoms with Crippen molar-refractivity contribution >= 4 is 17.4 Å². The quantitative estimate of drug-likeness (QED) is 0.927. The van der Waals surface area contributed by atoms with Crippen LogP contribution >= 0.6 is 11.6 Å². The molecule has 2 aromatic rings. The Hall–Kier alpha value is -1.88. The fourth-order valence-corrected chi connectivity index (χ4v) is 2.04. The topological polar surface area (TPSA) is 62.3 Å². The van der Waals surface area contributed by atoms with E-state index in [1.165, 1.54) is 0 Å². The number of ether oxygens (including phenoxy) is 2. The summed E-state index contributed by atoms with van der Waals surface area (Å²) in [5.41, 5.74) is 7.10. The SMILES string of the molecule is COc1ccc(OC)c(-c2cc(N)n(C)n2)c1Cl. The van der Waals surface area contributed by atoms with Crippen LogP contribution in [0.3, 0.4) is 0 Å². The molecule has 0 unspecified atom stereocenters. The van der Waals surface area contributed by atoms with Crippen molar-refractivity contribution in [2.45, 2.75) is 0 Å². The molecule has 0 aliphatic rings. The van der Waals surface area contributed by atoms with Gasteiger partial charge < -0.3 is 15.2 Å². The lowest BCUT2D eigenvalue weighted by Gasteiger charge is -2.11. The summed E-state index contributed by atoms with van der Waals surface area (Å²) in [5.74, 6) is 1.74. The average Bonchev–Trinajstić information content (AvgIpc) is 2.68. The molecule has 96 valence electrons. The van der Waals surface area contributed by atoms with E-state index in [0.717, 1.165) is 0 Å². The Morgan fingerprint density at radius 3 is 2.33 bits per heavy atom. The molecule has 0 aliphatic heterocycles. The molecule has 6 heteroatoms. The third-order valence-corrected chi connectivity index (χ3v) is 3.06. The lowest BCUT2D eigenvalue weighted by atomic mass is 10.1. The lowest BCUT2D eigenvalue weighted by molar-refractivity contribution is 0.404. The van der Waals surface area contributed by atoms with E-state index in [4.69, 9.17) is 26.8 Å². The van der Waals surface area contributed by atoms with Crippen LogP contribution in [0.2, 0.25) is 5.02 Å². The van der Waals surface area contributed by atoms with Crippen molar-refractivity contribution in [3.05, 3.63) is 23.2 Å². The minimum absolute atomic E-state index is 0.454. The maximum absolute atomic E-state index is 6.29. The van der Waals surface area contributed by atoms with Gasteiger partial charge in [0.2, 0.25) is 0 Å². The first kappa shape index (κ1) is 12.6. The number of rotatable bonds is 3. The second-order valence-electron chi connectivity index (χ2n) is 3.74. The molecule has 5 nitrogen and oxygen atoms in total. The Labute approximate surface area is 110 Å². The molecule has 1 heterocycles. The Balaban J connectivity index is 2.67. The number of halogens is 1. The van der Waals surface area contributed by atoms with Crippen molar-refractivity contribution in [2.24, 2.45) is 7.05 Å². The third-order valence-electron chi connectivity index (χ3n) is 2.68. The summed E-state index contributed by atoms with van der Waals surface area (Å²) in [6.45, 7) is 0. The standard InChI is InChI=1S/C12H14ClN3O2/c1-16-10(14)6-7(15-16)11-8(17-2)4-5-9(18-3)12(11)13/h4-6H,14H2,1-3H3. The number of aromatic nitrogens is 2. The molecule has 0 saturated carbocycles. The van der Waals surface area contributed by atoms with E-state index in [9.17, 15) is 0 Å². The molecule has 1 aromatic carbocycles. The number of nitrogens with two attached hydrogens (primary N) is 1. The number of anilines is 1. The van der Waals surface area contributed by atoms with Crippen molar-refractivity contribution in [3.63, 3.8) is 0 Å². The lowest BCUT2D eigenvalue weighted by Crippen LogP contribution is -1.97. The number of benzene rings is 1. The highest BCUT2D eigenvalue weighted by atomic mass is 35.5. The maximum Gasteiger partial charge on any atom is 0.138 e. The van der Waals surface area contributed by atoms with E-state index in [1.54, 1.807) is 44.1 Å². The maximum atomic E-state index is 6.29. The number of nitrogens with zero attached hydrogens (tertiary/aromatic N) is 2. The van der Waals surface area contributed by atoms with Crippen LogP contribution in [-0.2, 0) is 7.05 Å². The van der Waals surface area contributed by atoms with Gasteiger partial charge in [-0.1, -0.05) is 11.6 Å². The molecule has 18 heavy (non-hydrogen) atoms. The van der Waals surface area contributed by atoms with Gasteiger partial charge in [0.05, 0.1) is 30.5 Å². The van der Waals surface area contributed by atoms with Gasteiger partial charge in [-0.05, 0) is 12.1 Å². The first-order valence-corrected chi connectivity index (χ1v) is 5.66. The van der Waals surface area contributed by atoms with Crippen molar-refractivity contribution in [1.82, 2.24) is 9.78 Å². The molecular formula is C12H14ClN3O2. The van der Waals surface area contributed by atoms with Gasteiger partial charge in [-0.15, -0.1) is 0 Å². The van der Waals surface area contributed by atoms with Gasteiger partial charge >= 0.3 is 0 Å². The summed E-state index contributed by atoms with van der Waals surface area (Å²) >= 11 is 6.29. The van der Waals surface area contributed by atoms with Crippen LogP contribution in [0, 0.1) is 0 Å². The number of nitrogen functional groups attached to an aromatic ring is 1. The van der Waals surface area contributed by atoms with Gasteiger partial charge in [0.25, 0.3) is 0 Å². The molecule has 0 saturated heterocycles. The van der Waals surface area contributed by atoms with Crippen LogP contribution in [-0.4, -0.2) is 24.0 Å². The summed E-state index contributed by atoms with van der Waals surface area (Å²) in [4.78, 5) is 0. The predicted molar refractivity (Wildman–Crippen MR) is 71.2 cm³/mol. The molecule has 2 N–H and O–H groups in total. The zero-order chi connectivity index (χ0) is 13.3. The summed E-state index contributed by atoms with van der Waals surface area (Å²) in [6, 6.07) is 5.27. The number of aryl methyl sites for hydroxylation is 1. The van der Waals surface area contributed by atoms with Crippen molar-refractivity contribution in [3.8, 4) is 22.8 Å². The third kappa shape index (κ3) is 1.97. The molecule has 0 fully saturated rings. The van der Waals surface area contributed by atoms with Crippen LogP contribution in [0.1, 0.15) is 0 Å². The molecule has 1 aromatic heterocycles. The molecule has 0 aliphatic carbocycles. The van der Waals surface area contributed by atoms with Gasteiger partial charge in [0.15, 0.2) is 0 Å². The van der Waals surface area contributed by atoms with Gasteiger partial charge in [-0.3, -0.25) is 4.68 Å². The fraction of sp³-hybridized carbons (Fsp3) is 0.250. The highest BCUT2D eigenvalue weighted by molar-refractivity contribution is 6.35. The number of hydrogen-bond donors (Lipinski definition) is 1. The van der Waals surface area contributed by atoms with Gasteiger partial charge in [-0.25, -0.2) is 0 Å². The van der Waals surface area contributed by atoms with E-state index in [0.29, 0.717) is 33.6 Å². The second-order valence-corrected chi connectivity index (χ2v) is 4.12. The van der Waals surface area contributed by atoms with Crippen LogP contribution < -0.4 is 15.2 Å². The van der Waals surface area contributed by atoms with Gasteiger partial charge in [-0.2, -0.15) is 5.10 Å². The molecule has 0 radical (unpaired) electrons. The van der Waals surface area contributed by atoms with E-state index in [-0.39, 0.29) is 0 Å². The molecule has 2 rings (SSSR count). The number of methoxy groups -OCH3 is 2. The molecule has 0 amide bonds. The minimum Gasteiger partial charge on any atom is -0.496 e. The molecule has 0 atom stereocenters. The second kappa shape index (κ2) is 4.78. The zero-order valence-electron chi connectivity index (χ0n) is 10.4. The van der Waals surface area contributed by atoms with E-state index in [1.807, 2.05) is 0 Å². The molecule has 0 bridgehead atoms. The zero-order valence-corrected chi connectivity index (χ0v) is 11.2. The van der Waals surface area contributed by atoms with E-state index >= 15 is 0 Å². The first-order chi connectivity index (χ1) is 8.58. The Morgan fingerprint density at radius 2 is 1.83 bits per heavy atom. The van der Waals surface area contributed by atoms with Crippen molar-refractivity contribution < 1.29 is 9.47 Å². The van der Waals surface area contributed by atoms with E-state index < -0.39 is 0 Å². The summed E-state index contributed by atoms with van der Waals surface area (Å²) in [5, 5.41) is 4.75. The van der Waals surface area contributed by atoms with Crippen molar-refractivity contribution in [1.29, 1.82) is 0 Å². The largest absolute Gasteiger partial charge is 0.496 e. The van der Waals surface area contributed by atoms with Crippen LogP contribution in [0.5, 0.6) is 11.5 Å². The van der Waals surface area contributed by atoms with Crippen LogP contribution in [0.25, 0.3) is 11.3 Å². The molecular weight excluding hydrogens is 254 g/mol. The molecule has 0 spiro atoms. The minimum atomic E-state index is 0.454. The summed E-state index contributed by atoms with van der Waals surface area (Å²) in [7, 11) is 4.90. The fourth-order valence-electron chi connectivity index (χ4n) is 1.71. The smallest absolute Gasteiger partial charge is 0.138 e. The Kier molecular flexibility index (Phi) is 3.34. The Morgan fingerprint density at radius 1 is 1.22 bits per heavy atom. The van der Waals surface area contributed by atoms with Crippen molar-refractivity contribution in [2.75, 3.05) is 20.0 Å². The Bertz CT molecular complexity index is 561. The van der Waals surface area contributed by atoms with Gasteiger partial charge in [0, 0.05) is 13.1 Å². The van der Waals surface area contributed by atoms with Crippen LogP contribution in [0.15, 0.2) is 18.2 Å². The highest BCUT2D eigenvalue weighted by Crippen LogP contribution is 2.41. The predicted octanol–water partition coefficient (Wildman–Crippen LogP) is 2.34. The number of hydrogen-bond acceptors (Lipinski definition) is 4. The van der Waals surface area contributed by atoms with E-state index in [2.05, 4.69) is 5.10 Å². The summed E-state index contributed by atoms with van der Waals surface area (Å²) < 4.78 is 12.1. The monoisotopic (exact) mass is 267 g/mol. The van der Waals surface area contributed by atoms with Gasteiger partial charge in [0.1, 0.15) is 17.3 Å². The highest BCUT2D eigenvalue weighted by Gasteiger charge is 2.18. The normalized spacial score (nSPS) is 10.4. The van der Waals surface area contributed by atoms with Crippen LogP contribution in [0.4, 0.5) is 5.82 Å². The average molecular weight is 268 g/mol.